The lowest BCUT2D eigenvalue weighted by Gasteiger charge is -2.12. The maximum Gasteiger partial charge on any atom is 0.221 e. The topological polar surface area (TPSA) is 60.8 Å². The van der Waals surface area contributed by atoms with Crippen LogP contribution in [0.1, 0.15) is 0 Å². The molecule has 0 bridgehead atoms. The third kappa shape index (κ3) is 2.86. The maximum atomic E-state index is 14.5. The molecule has 5 aromatic rings. The highest BCUT2D eigenvalue weighted by Gasteiger charge is 2.16. The molecule has 0 unspecified atom stereocenters. The number of pyridine rings is 4. The van der Waals surface area contributed by atoms with E-state index in [4.69, 9.17) is 4.74 Å². The number of nitrogens with zero attached hydrogens (tertiary/aromatic N) is 4. The molecule has 5 rings (SSSR count). The molecule has 29 heavy (non-hydrogen) atoms. The molecule has 0 aliphatic rings. The molecular formula is C23H15FN4O. The predicted molar refractivity (Wildman–Crippen MR) is 110 cm³/mol. The van der Waals surface area contributed by atoms with Crippen LogP contribution < -0.4 is 4.74 Å². The van der Waals surface area contributed by atoms with E-state index in [9.17, 15) is 4.39 Å². The Kier molecular flexibility index (Phi) is 4.09. The zero-order valence-corrected chi connectivity index (χ0v) is 15.5. The number of fused-ring (bicyclic) bond motifs is 2. The molecule has 0 saturated heterocycles. The van der Waals surface area contributed by atoms with Gasteiger partial charge in [-0.25, -0.2) is 19.3 Å². The van der Waals surface area contributed by atoms with Crippen molar-refractivity contribution >= 4 is 21.8 Å². The van der Waals surface area contributed by atoms with Crippen molar-refractivity contribution in [2.75, 3.05) is 7.11 Å². The summed E-state index contributed by atoms with van der Waals surface area (Å²) in [6, 6.07) is 16.0. The first-order chi connectivity index (χ1) is 14.3. The minimum atomic E-state index is -0.335. The van der Waals surface area contributed by atoms with E-state index in [-0.39, 0.29) is 5.82 Å². The van der Waals surface area contributed by atoms with Crippen LogP contribution in [0.25, 0.3) is 44.3 Å². The zero-order chi connectivity index (χ0) is 19.8. The number of halogens is 1. The minimum absolute atomic E-state index is 0.335. The summed E-state index contributed by atoms with van der Waals surface area (Å²) in [5, 5.41) is 2.57. The summed E-state index contributed by atoms with van der Waals surface area (Å²) in [4.78, 5) is 17.9. The Morgan fingerprint density at radius 3 is 2.45 bits per heavy atom. The van der Waals surface area contributed by atoms with E-state index in [0.29, 0.717) is 22.8 Å². The van der Waals surface area contributed by atoms with Gasteiger partial charge in [0.15, 0.2) is 5.65 Å². The predicted octanol–water partition coefficient (Wildman–Crippen LogP) is 5.05. The van der Waals surface area contributed by atoms with Crippen LogP contribution in [0.4, 0.5) is 4.39 Å². The Bertz CT molecular complexity index is 1370. The molecule has 6 heteroatoms. The average Bonchev–Trinajstić information content (AvgIpc) is 2.78. The lowest BCUT2D eigenvalue weighted by atomic mass is 10.00. The largest absolute Gasteiger partial charge is 0.481 e. The van der Waals surface area contributed by atoms with Crippen LogP contribution >= 0.6 is 0 Å². The van der Waals surface area contributed by atoms with Gasteiger partial charge in [0, 0.05) is 45.9 Å². The summed E-state index contributed by atoms with van der Waals surface area (Å²) in [6.45, 7) is 0. The van der Waals surface area contributed by atoms with E-state index in [1.165, 1.54) is 6.07 Å². The van der Waals surface area contributed by atoms with Crippen molar-refractivity contribution in [3.05, 3.63) is 79.0 Å². The van der Waals surface area contributed by atoms with Crippen LogP contribution in [0.5, 0.6) is 5.88 Å². The molecule has 0 aliphatic heterocycles. The van der Waals surface area contributed by atoms with Crippen molar-refractivity contribution in [3.8, 4) is 28.4 Å². The monoisotopic (exact) mass is 382 g/mol. The molecule has 0 atom stereocenters. The molecule has 0 fully saturated rings. The fourth-order valence-corrected chi connectivity index (χ4v) is 3.51. The SMILES string of the molecule is COc1nccc2c(-c3cc(-c4ccccc4F)nc4ncccc34)nccc12. The fraction of sp³-hybridized carbons (Fsp3) is 0.0435. The summed E-state index contributed by atoms with van der Waals surface area (Å²) in [5.74, 6) is 0.190. The molecule has 4 aromatic heterocycles. The van der Waals surface area contributed by atoms with Crippen molar-refractivity contribution in [1.82, 2.24) is 19.9 Å². The highest BCUT2D eigenvalue weighted by atomic mass is 19.1. The lowest BCUT2D eigenvalue weighted by Crippen LogP contribution is -1.96. The van der Waals surface area contributed by atoms with Gasteiger partial charge in [0.1, 0.15) is 5.82 Å². The second-order valence-corrected chi connectivity index (χ2v) is 6.48. The third-order valence-corrected chi connectivity index (χ3v) is 4.84. The quantitative estimate of drug-likeness (QED) is 0.437. The number of aromatic nitrogens is 4. The first-order valence-electron chi connectivity index (χ1n) is 9.05. The van der Waals surface area contributed by atoms with Gasteiger partial charge in [-0.15, -0.1) is 0 Å². The number of rotatable bonds is 3. The number of benzene rings is 1. The molecule has 0 amide bonds. The van der Waals surface area contributed by atoms with Gasteiger partial charge in [-0.1, -0.05) is 12.1 Å². The third-order valence-electron chi connectivity index (χ3n) is 4.84. The summed E-state index contributed by atoms with van der Waals surface area (Å²) in [5.41, 5.74) is 3.01. The molecule has 0 aliphatic carbocycles. The van der Waals surface area contributed by atoms with Gasteiger partial charge in [-0.3, -0.25) is 4.98 Å². The van der Waals surface area contributed by atoms with Crippen molar-refractivity contribution in [2.45, 2.75) is 0 Å². The van der Waals surface area contributed by atoms with E-state index in [1.807, 2.05) is 30.3 Å². The first kappa shape index (κ1) is 17.2. The van der Waals surface area contributed by atoms with Gasteiger partial charge >= 0.3 is 0 Å². The second kappa shape index (κ2) is 6.91. The Balaban J connectivity index is 1.86. The van der Waals surface area contributed by atoms with Crippen LogP contribution in [0, 0.1) is 5.82 Å². The summed E-state index contributed by atoms with van der Waals surface area (Å²) in [6.07, 6.45) is 5.08. The van der Waals surface area contributed by atoms with Gasteiger partial charge in [-0.2, -0.15) is 0 Å². The zero-order valence-electron chi connectivity index (χ0n) is 15.5. The van der Waals surface area contributed by atoms with E-state index in [0.717, 1.165) is 27.4 Å². The average molecular weight is 382 g/mol. The Morgan fingerprint density at radius 2 is 1.59 bits per heavy atom. The van der Waals surface area contributed by atoms with Crippen molar-refractivity contribution < 1.29 is 9.13 Å². The van der Waals surface area contributed by atoms with E-state index < -0.39 is 0 Å². The fourth-order valence-electron chi connectivity index (χ4n) is 3.51. The van der Waals surface area contributed by atoms with E-state index >= 15 is 0 Å². The Labute approximate surface area is 165 Å². The molecular weight excluding hydrogens is 367 g/mol. The standard InChI is InChI=1S/C23H15FN4O/c1-29-23-16-9-11-25-21(14(16)8-12-27-23)18-13-20(17-5-2-3-7-19(17)24)28-22-15(18)6-4-10-26-22/h2-13H,1H3. The van der Waals surface area contributed by atoms with Crippen LogP contribution in [-0.4, -0.2) is 27.0 Å². The number of methoxy groups -OCH3 is 1. The molecule has 0 N–H and O–H groups in total. The van der Waals surface area contributed by atoms with Crippen molar-refractivity contribution in [3.63, 3.8) is 0 Å². The lowest BCUT2D eigenvalue weighted by molar-refractivity contribution is 0.403. The van der Waals surface area contributed by atoms with Crippen LogP contribution in [0.2, 0.25) is 0 Å². The smallest absolute Gasteiger partial charge is 0.221 e. The van der Waals surface area contributed by atoms with Gasteiger partial charge in [0.25, 0.3) is 0 Å². The number of hydrogen-bond acceptors (Lipinski definition) is 5. The molecule has 1 aromatic carbocycles. The molecule has 0 saturated carbocycles. The minimum Gasteiger partial charge on any atom is -0.481 e. The molecule has 0 radical (unpaired) electrons. The maximum absolute atomic E-state index is 14.5. The number of hydrogen-bond donors (Lipinski definition) is 0. The van der Waals surface area contributed by atoms with E-state index in [1.54, 1.807) is 43.9 Å². The van der Waals surface area contributed by atoms with Gasteiger partial charge in [-0.05, 0) is 42.5 Å². The van der Waals surface area contributed by atoms with Gasteiger partial charge in [0.2, 0.25) is 5.88 Å². The van der Waals surface area contributed by atoms with Crippen LogP contribution in [-0.2, 0) is 0 Å². The van der Waals surface area contributed by atoms with E-state index in [2.05, 4.69) is 19.9 Å². The van der Waals surface area contributed by atoms with Crippen LogP contribution in [0.15, 0.2) is 73.2 Å². The van der Waals surface area contributed by atoms with Crippen LogP contribution in [0.3, 0.4) is 0 Å². The summed E-state index contributed by atoms with van der Waals surface area (Å²) in [7, 11) is 1.59. The van der Waals surface area contributed by atoms with Crippen molar-refractivity contribution in [1.29, 1.82) is 0 Å². The second-order valence-electron chi connectivity index (χ2n) is 6.48. The summed E-state index contributed by atoms with van der Waals surface area (Å²) >= 11 is 0. The van der Waals surface area contributed by atoms with Crippen molar-refractivity contribution in [2.24, 2.45) is 0 Å². The highest BCUT2D eigenvalue weighted by molar-refractivity contribution is 6.04. The molecule has 5 nitrogen and oxygen atoms in total. The Hall–Kier alpha value is -3.93. The number of ether oxygens (including phenoxy) is 1. The molecule has 140 valence electrons. The first-order valence-corrected chi connectivity index (χ1v) is 9.05. The van der Waals surface area contributed by atoms with Gasteiger partial charge < -0.3 is 4.74 Å². The molecule has 0 spiro atoms. The summed E-state index contributed by atoms with van der Waals surface area (Å²) < 4.78 is 19.9. The normalized spacial score (nSPS) is 11.1. The highest BCUT2D eigenvalue weighted by Crippen LogP contribution is 2.36. The Morgan fingerprint density at radius 1 is 0.759 bits per heavy atom. The molecule has 4 heterocycles. The van der Waals surface area contributed by atoms with Gasteiger partial charge in [0.05, 0.1) is 18.5 Å².